The molecule has 136 valence electrons. The smallest absolute Gasteiger partial charge is 0.127 e. The Kier molecular flexibility index (Phi) is 6.21. The summed E-state index contributed by atoms with van der Waals surface area (Å²) in [5, 5.41) is 4.50. The molecule has 5 heteroatoms. The molecule has 1 aromatic heterocycles. The summed E-state index contributed by atoms with van der Waals surface area (Å²) in [6.45, 7) is 8.23. The van der Waals surface area contributed by atoms with Crippen molar-refractivity contribution in [1.29, 1.82) is 0 Å². The van der Waals surface area contributed by atoms with Crippen LogP contribution >= 0.6 is 0 Å². The fraction of sp³-hybridized carbons (Fsp3) is 0.550. The van der Waals surface area contributed by atoms with Gasteiger partial charge in [-0.25, -0.2) is 4.39 Å². The van der Waals surface area contributed by atoms with Crippen molar-refractivity contribution in [1.82, 2.24) is 14.7 Å². The SMILES string of the molecule is CCCn1ncc(CN(Cc2ccccc2F)CC2CCCO2)c1C. The van der Waals surface area contributed by atoms with E-state index in [-0.39, 0.29) is 11.9 Å². The molecule has 1 aromatic carbocycles. The van der Waals surface area contributed by atoms with Crippen molar-refractivity contribution in [3.63, 3.8) is 0 Å². The molecule has 4 nitrogen and oxygen atoms in total. The number of benzene rings is 1. The van der Waals surface area contributed by atoms with E-state index in [9.17, 15) is 4.39 Å². The predicted molar refractivity (Wildman–Crippen MR) is 96.7 cm³/mol. The molecular formula is C20H28FN3O. The molecule has 1 aliphatic rings. The number of halogens is 1. The van der Waals surface area contributed by atoms with Crippen LogP contribution in [0.3, 0.4) is 0 Å². The minimum atomic E-state index is -0.141. The van der Waals surface area contributed by atoms with Crippen LogP contribution in [0.1, 0.15) is 43.0 Å². The van der Waals surface area contributed by atoms with Gasteiger partial charge in [-0.1, -0.05) is 25.1 Å². The maximum absolute atomic E-state index is 14.1. The van der Waals surface area contributed by atoms with Gasteiger partial charge >= 0.3 is 0 Å². The summed E-state index contributed by atoms with van der Waals surface area (Å²) in [5.41, 5.74) is 3.15. The molecule has 0 N–H and O–H groups in total. The van der Waals surface area contributed by atoms with Crippen LogP contribution in [0.15, 0.2) is 30.5 Å². The molecule has 25 heavy (non-hydrogen) atoms. The van der Waals surface area contributed by atoms with Crippen LogP contribution in [-0.2, 0) is 24.4 Å². The zero-order chi connectivity index (χ0) is 17.6. The van der Waals surface area contributed by atoms with Crippen LogP contribution in [0.4, 0.5) is 4.39 Å². The molecule has 0 aliphatic carbocycles. The van der Waals surface area contributed by atoms with E-state index in [1.807, 2.05) is 18.3 Å². The van der Waals surface area contributed by atoms with E-state index < -0.39 is 0 Å². The van der Waals surface area contributed by atoms with Gasteiger partial charge in [0.25, 0.3) is 0 Å². The zero-order valence-corrected chi connectivity index (χ0v) is 15.2. The number of aromatic nitrogens is 2. The van der Waals surface area contributed by atoms with E-state index in [2.05, 4.69) is 28.5 Å². The highest BCUT2D eigenvalue weighted by Crippen LogP contribution is 2.19. The minimum Gasteiger partial charge on any atom is -0.377 e. The van der Waals surface area contributed by atoms with Crippen molar-refractivity contribution in [3.05, 3.63) is 53.1 Å². The van der Waals surface area contributed by atoms with E-state index in [0.717, 1.165) is 51.1 Å². The van der Waals surface area contributed by atoms with E-state index in [0.29, 0.717) is 6.54 Å². The average molecular weight is 345 g/mol. The molecule has 1 aliphatic heterocycles. The molecule has 1 unspecified atom stereocenters. The number of nitrogens with zero attached hydrogens (tertiary/aromatic N) is 3. The standard InChI is InChI=1S/C20H28FN3O/c1-3-10-24-16(2)18(12-22-24)14-23(15-19-8-6-11-25-19)13-17-7-4-5-9-20(17)21/h4-5,7,9,12,19H,3,6,8,10-11,13-15H2,1-2H3. The fourth-order valence-corrected chi connectivity index (χ4v) is 3.45. The number of aryl methyl sites for hydroxylation is 1. The maximum atomic E-state index is 14.1. The van der Waals surface area contributed by atoms with Gasteiger partial charge in [-0.15, -0.1) is 0 Å². The number of hydrogen-bond acceptors (Lipinski definition) is 3. The third-order valence-corrected chi connectivity index (χ3v) is 4.87. The normalized spacial score (nSPS) is 17.5. The van der Waals surface area contributed by atoms with Crippen LogP contribution in [0.25, 0.3) is 0 Å². The topological polar surface area (TPSA) is 30.3 Å². The lowest BCUT2D eigenvalue weighted by molar-refractivity contribution is 0.0674. The second-order valence-electron chi connectivity index (χ2n) is 6.87. The third-order valence-electron chi connectivity index (χ3n) is 4.87. The second kappa shape index (κ2) is 8.59. The van der Waals surface area contributed by atoms with Gasteiger partial charge in [0, 0.05) is 49.6 Å². The Morgan fingerprint density at radius 1 is 1.28 bits per heavy atom. The van der Waals surface area contributed by atoms with Crippen LogP contribution in [0.5, 0.6) is 0 Å². The Morgan fingerprint density at radius 3 is 2.80 bits per heavy atom. The molecule has 0 saturated carbocycles. The molecule has 1 fully saturated rings. The van der Waals surface area contributed by atoms with Crippen molar-refractivity contribution < 1.29 is 9.13 Å². The quantitative estimate of drug-likeness (QED) is 0.726. The van der Waals surface area contributed by atoms with Crippen molar-refractivity contribution >= 4 is 0 Å². The number of rotatable bonds is 8. The highest BCUT2D eigenvalue weighted by molar-refractivity contribution is 5.19. The van der Waals surface area contributed by atoms with Gasteiger partial charge in [0.1, 0.15) is 5.82 Å². The molecule has 1 saturated heterocycles. The summed E-state index contributed by atoms with van der Waals surface area (Å²) in [7, 11) is 0. The Bertz CT molecular complexity index is 679. The summed E-state index contributed by atoms with van der Waals surface area (Å²) in [4.78, 5) is 2.29. The maximum Gasteiger partial charge on any atom is 0.127 e. The van der Waals surface area contributed by atoms with Gasteiger partial charge in [0.2, 0.25) is 0 Å². The largest absolute Gasteiger partial charge is 0.377 e. The monoisotopic (exact) mass is 345 g/mol. The molecule has 2 heterocycles. The van der Waals surface area contributed by atoms with Crippen LogP contribution in [0.2, 0.25) is 0 Å². The lowest BCUT2D eigenvalue weighted by Crippen LogP contribution is -2.32. The molecule has 0 amide bonds. The highest BCUT2D eigenvalue weighted by atomic mass is 19.1. The first kappa shape index (κ1) is 18.1. The third kappa shape index (κ3) is 4.67. The predicted octanol–water partition coefficient (Wildman–Crippen LogP) is 3.92. The van der Waals surface area contributed by atoms with Crippen molar-refractivity contribution in [3.8, 4) is 0 Å². The summed E-state index contributed by atoms with van der Waals surface area (Å²) in [5.74, 6) is -0.141. The highest BCUT2D eigenvalue weighted by Gasteiger charge is 2.21. The lowest BCUT2D eigenvalue weighted by Gasteiger charge is -2.25. The average Bonchev–Trinajstić information content (AvgIpc) is 3.22. The summed E-state index contributed by atoms with van der Waals surface area (Å²) in [6.07, 6.45) is 5.47. The van der Waals surface area contributed by atoms with Gasteiger partial charge in [-0.3, -0.25) is 9.58 Å². The molecule has 0 spiro atoms. The second-order valence-corrected chi connectivity index (χ2v) is 6.87. The van der Waals surface area contributed by atoms with E-state index in [1.165, 1.54) is 17.3 Å². The van der Waals surface area contributed by atoms with Crippen molar-refractivity contribution in [2.24, 2.45) is 0 Å². The van der Waals surface area contributed by atoms with Crippen LogP contribution < -0.4 is 0 Å². The van der Waals surface area contributed by atoms with Crippen LogP contribution in [0, 0.1) is 12.7 Å². The first-order valence-corrected chi connectivity index (χ1v) is 9.26. The van der Waals surface area contributed by atoms with Crippen molar-refractivity contribution in [2.45, 2.75) is 58.8 Å². The van der Waals surface area contributed by atoms with Gasteiger partial charge in [-0.2, -0.15) is 5.10 Å². The molecule has 1 atom stereocenters. The number of hydrogen-bond donors (Lipinski definition) is 0. The summed E-state index contributed by atoms with van der Waals surface area (Å²) in [6, 6.07) is 7.03. The number of ether oxygens (including phenoxy) is 1. The van der Waals surface area contributed by atoms with Gasteiger partial charge < -0.3 is 4.74 Å². The molecule has 0 bridgehead atoms. The zero-order valence-electron chi connectivity index (χ0n) is 15.2. The summed E-state index contributed by atoms with van der Waals surface area (Å²) < 4.78 is 22.0. The first-order chi connectivity index (χ1) is 12.2. The van der Waals surface area contributed by atoms with E-state index in [4.69, 9.17) is 4.74 Å². The first-order valence-electron chi connectivity index (χ1n) is 9.26. The Labute approximate surface area is 149 Å². The van der Waals surface area contributed by atoms with Crippen molar-refractivity contribution in [2.75, 3.05) is 13.2 Å². The lowest BCUT2D eigenvalue weighted by atomic mass is 10.1. The van der Waals surface area contributed by atoms with E-state index in [1.54, 1.807) is 6.07 Å². The summed E-state index contributed by atoms with van der Waals surface area (Å²) >= 11 is 0. The molecular weight excluding hydrogens is 317 g/mol. The van der Waals surface area contributed by atoms with Gasteiger partial charge in [0.15, 0.2) is 0 Å². The Morgan fingerprint density at radius 2 is 2.08 bits per heavy atom. The Balaban J connectivity index is 1.74. The van der Waals surface area contributed by atoms with E-state index >= 15 is 0 Å². The molecule has 3 rings (SSSR count). The van der Waals surface area contributed by atoms with Crippen LogP contribution in [-0.4, -0.2) is 33.9 Å². The molecule has 2 aromatic rings. The fourth-order valence-electron chi connectivity index (χ4n) is 3.45. The minimum absolute atomic E-state index is 0.141. The Hall–Kier alpha value is -1.72. The van der Waals surface area contributed by atoms with Gasteiger partial charge in [-0.05, 0) is 32.3 Å². The molecule has 0 radical (unpaired) electrons. The van der Waals surface area contributed by atoms with Gasteiger partial charge in [0.05, 0.1) is 12.3 Å².